The van der Waals surface area contributed by atoms with Crippen molar-refractivity contribution in [3.8, 4) is 11.1 Å². The molecule has 2 N–H and O–H groups in total. The fourth-order valence-electron chi connectivity index (χ4n) is 2.03. The molecule has 0 fully saturated rings. The fraction of sp³-hybridized carbons (Fsp3) is 0.357. The van der Waals surface area contributed by atoms with E-state index in [0.29, 0.717) is 13.2 Å². The van der Waals surface area contributed by atoms with Gasteiger partial charge in [-0.15, -0.1) is 0 Å². The van der Waals surface area contributed by atoms with Gasteiger partial charge in [0.2, 0.25) is 0 Å². The average Bonchev–Trinajstić information content (AvgIpc) is 2.85. The molecule has 0 saturated heterocycles. The van der Waals surface area contributed by atoms with Crippen LogP contribution in [0.3, 0.4) is 0 Å². The largest absolute Gasteiger partial charge is 0.383 e. The lowest BCUT2D eigenvalue weighted by Gasteiger charge is -2.08. The Morgan fingerprint density at radius 2 is 2.22 bits per heavy atom. The third kappa shape index (κ3) is 2.60. The number of methoxy groups -OCH3 is 1. The van der Waals surface area contributed by atoms with Crippen LogP contribution in [0.15, 0.2) is 30.6 Å². The van der Waals surface area contributed by atoms with Gasteiger partial charge in [-0.25, -0.2) is 0 Å². The van der Waals surface area contributed by atoms with Crippen molar-refractivity contribution in [2.75, 3.05) is 13.7 Å². The van der Waals surface area contributed by atoms with Gasteiger partial charge in [-0.1, -0.05) is 18.2 Å². The molecule has 4 heteroatoms. The number of hydrogen-bond donors (Lipinski definition) is 1. The first-order chi connectivity index (χ1) is 8.76. The van der Waals surface area contributed by atoms with Crippen molar-refractivity contribution in [3.05, 3.63) is 41.7 Å². The van der Waals surface area contributed by atoms with Gasteiger partial charge in [-0.05, 0) is 23.6 Å². The van der Waals surface area contributed by atoms with Crippen LogP contribution in [0.25, 0.3) is 11.1 Å². The molecule has 0 unspecified atom stereocenters. The van der Waals surface area contributed by atoms with E-state index < -0.39 is 0 Å². The highest BCUT2D eigenvalue weighted by Crippen LogP contribution is 2.25. The highest BCUT2D eigenvalue weighted by Gasteiger charge is 2.07. The second-order valence-electron chi connectivity index (χ2n) is 4.28. The Morgan fingerprint density at radius 1 is 1.39 bits per heavy atom. The number of hydrogen-bond acceptors (Lipinski definition) is 3. The molecular formula is C14H19N3O. The fourth-order valence-corrected chi connectivity index (χ4v) is 2.03. The smallest absolute Gasteiger partial charge is 0.0658 e. The van der Waals surface area contributed by atoms with Crippen molar-refractivity contribution in [1.29, 1.82) is 0 Å². The van der Waals surface area contributed by atoms with Crippen molar-refractivity contribution in [3.63, 3.8) is 0 Å². The summed E-state index contributed by atoms with van der Waals surface area (Å²) in [6.45, 7) is 4.11. The summed E-state index contributed by atoms with van der Waals surface area (Å²) in [5, 5.41) is 4.33. The topological polar surface area (TPSA) is 53.1 Å². The van der Waals surface area contributed by atoms with Gasteiger partial charge >= 0.3 is 0 Å². The lowest BCUT2D eigenvalue weighted by atomic mass is 9.99. The molecule has 0 radical (unpaired) electrons. The Bertz CT molecular complexity index is 520. The first-order valence-electron chi connectivity index (χ1n) is 6.06. The molecule has 1 aromatic heterocycles. The Hall–Kier alpha value is -1.65. The number of nitrogens with two attached hydrogens (primary N) is 1. The number of ether oxygens (including phenoxy) is 1. The molecular weight excluding hydrogens is 226 g/mol. The second kappa shape index (κ2) is 5.80. The zero-order valence-electron chi connectivity index (χ0n) is 10.9. The number of benzene rings is 1. The van der Waals surface area contributed by atoms with Crippen LogP contribution in [0.2, 0.25) is 0 Å². The monoisotopic (exact) mass is 245 g/mol. The summed E-state index contributed by atoms with van der Waals surface area (Å²) < 4.78 is 6.94. The summed E-state index contributed by atoms with van der Waals surface area (Å²) in [5.74, 6) is 0. The summed E-state index contributed by atoms with van der Waals surface area (Å²) in [7, 11) is 1.69. The molecule has 4 nitrogen and oxygen atoms in total. The highest BCUT2D eigenvalue weighted by molar-refractivity contribution is 5.67. The zero-order valence-corrected chi connectivity index (χ0v) is 10.9. The van der Waals surface area contributed by atoms with Gasteiger partial charge in [0.15, 0.2) is 0 Å². The molecule has 0 atom stereocenters. The minimum absolute atomic E-state index is 0.567. The third-order valence-electron chi connectivity index (χ3n) is 3.13. The minimum Gasteiger partial charge on any atom is -0.383 e. The highest BCUT2D eigenvalue weighted by atomic mass is 16.5. The van der Waals surface area contributed by atoms with E-state index in [1.54, 1.807) is 7.11 Å². The van der Waals surface area contributed by atoms with Gasteiger partial charge in [0.1, 0.15) is 0 Å². The third-order valence-corrected chi connectivity index (χ3v) is 3.13. The van der Waals surface area contributed by atoms with Crippen LogP contribution in [-0.2, 0) is 17.8 Å². The van der Waals surface area contributed by atoms with Gasteiger partial charge < -0.3 is 10.5 Å². The van der Waals surface area contributed by atoms with Crippen LogP contribution in [0.1, 0.15) is 11.1 Å². The number of rotatable bonds is 5. The van der Waals surface area contributed by atoms with Crippen molar-refractivity contribution in [2.24, 2.45) is 5.73 Å². The summed E-state index contributed by atoms with van der Waals surface area (Å²) in [5.41, 5.74) is 10.5. The molecule has 1 heterocycles. The van der Waals surface area contributed by atoms with Crippen LogP contribution in [-0.4, -0.2) is 23.5 Å². The molecule has 0 aliphatic rings. The van der Waals surface area contributed by atoms with Crippen LogP contribution in [0, 0.1) is 6.92 Å². The number of aromatic nitrogens is 2. The number of nitrogens with zero attached hydrogens (tertiary/aromatic N) is 2. The van der Waals surface area contributed by atoms with E-state index in [2.05, 4.69) is 24.2 Å². The van der Waals surface area contributed by atoms with Crippen LogP contribution < -0.4 is 5.73 Å². The molecule has 0 aliphatic carbocycles. The molecule has 0 saturated carbocycles. The van der Waals surface area contributed by atoms with Crippen molar-refractivity contribution >= 4 is 0 Å². The molecule has 2 rings (SSSR count). The second-order valence-corrected chi connectivity index (χ2v) is 4.28. The van der Waals surface area contributed by atoms with E-state index in [1.165, 1.54) is 16.7 Å². The minimum atomic E-state index is 0.567. The van der Waals surface area contributed by atoms with E-state index >= 15 is 0 Å². The maximum Gasteiger partial charge on any atom is 0.0658 e. The predicted molar refractivity (Wildman–Crippen MR) is 72.2 cm³/mol. The zero-order chi connectivity index (χ0) is 13.0. The van der Waals surface area contributed by atoms with E-state index in [4.69, 9.17) is 10.5 Å². The Labute approximate surface area is 107 Å². The lowest BCUT2D eigenvalue weighted by molar-refractivity contribution is 0.183. The van der Waals surface area contributed by atoms with Gasteiger partial charge in [0.05, 0.1) is 19.3 Å². The molecule has 0 aliphatic heterocycles. The Morgan fingerprint density at radius 3 is 2.94 bits per heavy atom. The van der Waals surface area contributed by atoms with Gasteiger partial charge in [-0.2, -0.15) is 5.10 Å². The van der Waals surface area contributed by atoms with Crippen LogP contribution >= 0.6 is 0 Å². The lowest BCUT2D eigenvalue weighted by Crippen LogP contribution is -2.03. The summed E-state index contributed by atoms with van der Waals surface area (Å²) in [6.07, 6.45) is 3.93. The van der Waals surface area contributed by atoms with Gasteiger partial charge in [0.25, 0.3) is 0 Å². The predicted octanol–water partition coefficient (Wildman–Crippen LogP) is 1.96. The van der Waals surface area contributed by atoms with Gasteiger partial charge in [0, 0.05) is 25.4 Å². The quantitative estimate of drug-likeness (QED) is 0.876. The molecule has 0 spiro atoms. The van der Waals surface area contributed by atoms with Crippen molar-refractivity contribution in [2.45, 2.75) is 20.0 Å². The molecule has 18 heavy (non-hydrogen) atoms. The van der Waals surface area contributed by atoms with Crippen LogP contribution in [0.5, 0.6) is 0 Å². The first kappa shape index (κ1) is 12.8. The maximum absolute atomic E-state index is 5.73. The summed E-state index contributed by atoms with van der Waals surface area (Å²) in [4.78, 5) is 0. The standard InChI is InChI=1S/C14H19N3O/c1-11-12(8-15)4-3-5-14(11)13-9-16-17(10-13)6-7-18-2/h3-5,9-10H,6-8,15H2,1-2H3. The van der Waals surface area contributed by atoms with E-state index in [0.717, 1.165) is 12.1 Å². The van der Waals surface area contributed by atoms with Crippen molar-refractivity contribution in [1.82, 2.24) is 9.78 Å². The average molecular weight is 245 g/mol. The van der Waals surface area contributed by atoms with E-state index in [1.807, 2.05) is 23.1 Å². The summed E-state index contributed by atoms with van der Waals surface area (Å²) in [6, 6.07) is 6.21. The first-order valence-corrected chi connectivity index (χ1v) is 6.06. The summed E-state index contributed by atoms with van der Waals surface area (Å²) >= 11 is 0. The van der Waals surface area contributed by atoms with Crippen molar-refractivity contribution < 1.29 is 4.74 Å². The Kier molecular flexibility index (Phi) is 4.12. The Balaban J connectivity index is 2.28. The molecule has 1 aromatic carbocycles. The normalized spacial score (nSPS) is 10.8. The van der Waals surface area contributed by atoms with Crippen LogP contribution in [0.4, 0.5) is 0 Å². The van der Waals surface area contributed by atoms with E-state index in [9.17, 15) is 0 Å². The maximum atomic E-state index is 5.73. The molecule has 96 valence electrons. The van der Waals surface area contributed by atoms with E-state index in [-0.39, 0.29) is 0 Å². The van der Waals surface area contributed by atoms with Gasteiger partial charge in [-0.3, -0.25) is 4.68 Å². The SMILES string of the molecule is COCCn1cc(-c2cccc(CN)c2C)cn1. The molecule has 0 bridgehead atoms. The molecule has 0 amide bonds. The molecule has 2 aromatic rings.